The Balaban J connectivity index is 2.47. The largest absolute Gasteiger partial charge is 0.481 e. The summed E-state index contributed by atoms with van der Waals surface area (Å²) in [7, 11) is 0. The molecule has 2 heterocycles. The standard InChI is InChI=1S/C28H52N2O7/c1-24(2)16-20(17-25(3,4)29(24)34)28(23(33)37-36,15-13-11-9-10-12-14-22(31)32)21-18-26(5,6)30(35)27(7,8)19-21/h20-21,34-36H,9-19H2,1-8H3,(H,31,32). The molecule has 0 radical (unpaired) electrons. The van der Waals surface area contributed by atoms with Crippen LogP contribution < -0.4 is 0 Å². The van der Waals surface area contributed by atoms with Gasteiger partial charge in [-0.05, 0) is 106 Å². The lowest BCUT2D eigenvalue weighted by Crippen LogP contribution is -2.66. The van der Waals surface area contributed by atoms with Crippen LogP contribution in [0.2, 0.25) is 0 Å². The van der Waals surface area contributed by atoms with Crippen LogP contribution in [0.5, 0.6) is 0 Å². The quantitative estimate of drug-likeness (QED) is 0.142. The van der Waals surface area contributed by atoms with Crippen LogP contribution in [0.15, 0.2) is 0 Å². The van der Waals surface area contributed by atoms with E-state index in [4.69, 9.17) is 5.11 Å². The summed E-state index contributed by atoms with van der Waals surface area (Å²) >= 11 is 0. The molecule has 216 valence electrons. The first kappa shape index (κ1) is 32.0. The molecule has 0 aromatic rings. The highest BCUT2D eigenvalue weighted by Crippen LogP contribution is 2.58. The minimum Gasteiger partial charge on any atom is -0.481 e. The average molecular weight is 529 g/mol. The number of carboxylic acid groups (broad SMARTS) is 1. The van der Waals surface area contributed by atoms with Gasteiger partial charge >= 0.3 is 11.9 Å². The first-order chi connectivity index (χ1) is 16.8. The van der Waals surface area contributed by atoms with E-state index in [1.54, 1.807) is 0 Å². The molecule has 0 unspecified atom stereocenters. The zero-order chi connectivity index (χ0) is 28.4. The van der Waals surface area contributed by atoms with Gasteiger partial charge < -0.3 is 20.4 Å². The van der Waals surface area contributed by atoms with Gasteiger partial charge in [0.15, 0.2) is 0 Å². The van der Waals surface area contributed by atoms with Crippen LogP contribution >= 0.6 is 0 Å². The average Bonchev–Trinajstić information content (AvgIpc) is 2.76. The molecule has 0 atom stereocenters. The van der Waals surface area contributed by atoms with Gasteiger partial charge in [0.1, 0.15) is 0 Å². The van der Waals surface area contributed by atoms with Crippen LogP contribution in [-0.2, 0) is 14.5 Å². The lowest BCUT2D eigenvalue weighted by Gasteiger charge is -2.60. The summed E-state index contributed by atoms with van der Waals surface area (Å²) in [5.41, 5.74) is -3.36. The minimum atomic E-state index is -0.999. The second-order valence-corrected chi connectivity index (χ2v) is 14.2. The van der Waals surface area contributed by atoms with E-state index < -0.39 is 39.5 Å². The third-order valence-corrected chi connectivity index (χ3v) is 9.18. The first-order valence-electron chi connectivity index (χ1n) is 13.9. The van der Waals surface area contributed by atoms with Crippen molar-refractivity contribution in [2.45, 2.75) is 148 Å². The predicted octanol–water partition coefficient (Wildman–Crippen LogP) is 6.12. The van der Waals surface area contributed by atoms with Crippen molar-refractivity contribution in [3.8, 4) is 0 Å². The SMILES string of the molecule is CC1(C)CC(C(CCCCCCCC(=O)O)(C(=O)OO)C2CC(C)(C)N(O)C(C)(C)C2)CC(C)(C)N1O. The number of unbranched alkanes of at least 4 members (excludes halogenated alkanes) is 4. The lowest BCUT2D eigenvalue weighted by atomic mass is 9.52. The topological polar surface area (TPSA) is 131 Å². The normalized spacial score (nSPS) is 24.6. The fourth-order valence-corrected chi connectivity index (χ4v) is 7.76. The van der Waals surface area contributed by atoms with Crippen molar-refractivity contribution in [2.24, 2.45) is 17.3 Å². The fourth-order valence-electron chi connectivity index (χ4n) is 7.76. The van der Waals surface area contributed by atoms with Crippen LogP contribution in [0.25, 0.3) is 0 Å². The molecule has 0 saturated carbocycles. The number of carbonyl (C=O) groups is 2. The highest BCUT2D eigenvalue weighted by Gasteiger charge is 2.61. The summed E-state index contributed by atoms with van der Waals surface area (Å²) in [4.78, 5) is 29.2. The van der Waals surface area contributed by atoms with E-state index in [0.717, 1.165) is 25.7 Å². The van der Waals surface area contributed by atoms with E-state index in [2.05, 4.69) is 4.89 Å². The number of aliphatic carboxylic acids is 1. The third kappa shape index (κ3) is 6.85. The highest BCUT2D eigenvalue weighted by atomic mass is 17.1. The van der Waals surface area contributed by atoms with E-state index in [1.807, 2.05) is 55.4 Å². The second kappa shape index (κ2) is 11.5. The summed E-state index contributed by atoms with van der Waals surface area (Å²) in [6, 6.07) is 0. The van der Waals surface area contributed by atoms with Crippen LogP contribution in [0.3, 0.4) is 0 Å². The number of hydrogen-bond donors (Lipinski definition) is 4. The van der Waals surface area contributed by atoms with Gasteiger partial charge in [0, 0.05) is 28.6 Å². The Hall–Kier alpha value is -1.26. The van der Waals surface area contributed by atoms with Gasteiger partial charge in [-0.3, -0.25) is 4.79 Å². The number of piperidine rings is 2. The first-order valence-corrected chi connectivity index (χ1v) is 13.9. The molecule has 2 rings (SSSR count). The van der Waals surface area contributed by atoms with Gasteiger partial charge in [0.25, 0.3) is 0 Å². The van der Waals surface area contributed by atoms with Crippen LogP contribution in [0.4, 0.5) is 0 Å². The molecule has 9 heteroatoms. The van der Waals surface area contributed by atoms with E-state index >= 15 is 0 Å². The molecule has 0 aliphatic carbocycles. The molecule has 2 aliphatic heterocycles. The van der Waals surface area contributed by atoms with E-state index in [-0.39, 0.29) is 18.3 Å². The summed E-state index contributed by atoms with van der Waals surface area (Å²) in [5.74, 6) is -1.72. The molecule has 0 aromatic heterocycles. The molecule has 0 spiro atoms. The second-order valence-electron chi connectivity index (χ2n) is 14.2. The van der Waals surface area contributed by atoms with E-state index in [0.29, 0.717) is 38.5 Å². The maximum absolute atomic E-state index is 13.8. The van der Waals surface area contributed by atoms with E-state index in [1.165, 1.54) is 10.1 Å². The monoisotopic (exact) mass is 528 g/mol. The molecule has 2 fully saturated rings. The van der Waals surface area contributed by atoms with Crippen molar-refractivity contribution in [2.75, 3.05) is 0 Å². The molecule has 37 heavy (non-hydrogen) atoms. The van der Waals surface area contributed by atoms with Crippen molar-refractivity contribution in [3.63, 3.8) is 0 Å². The van der Waals surface area contributed by atoms with Gasteiger partial charge in [-0.25, -0.2) is 4.79 Å². The molecule has 0 bridgehead atoms. The lowest BCUT2D eigenvalue weighted by molar-refractivity contribution is -0.290. The molecule has 2 saturated heterocycles. The van der Waals surface area contributed by atoms with Crippen molar-refractivity contribution in [3.05, 3.63) is 0 Å². The molecule has 0 aromatic carbocycles. The van der Waals surface area contributed by atoms with Crippen LogP contribution in [-0.4, -0.2) is 65.0 Å². The Morgan fingerprint density at radius 2 is 1.08 bits per heavy atom. The van der Waals surface area contributed by atoms with Gasteiger partial charge in [-0.15, -0.1) is 0 Å². The van der Waals surface area contributed by atoms with Gasteiger partial charge in [0.05, 0.1) is 5.41 Å². The summed E-state index contributed by atoms with van der Waals surface area (Å²) < 4.78 is 0. The number of rotatable bonds is 11. The van der Waals surface area contributed by atoms with Crippen molar-refractivity contribution in [1.29, 1.82) is 0 Å². The maximum Gasteiger partial charge on any atom is 0.348 e. The van der Waals surface area contributed by atoms with Crippen molar-refractivity contribution < 1.29 is 35.3 Å². The van der Waals surface area contributed by atoms with Crippen LogP contribution in [0.1, 0.15) is 126 Å². The molecule has 0 amide bonds. The van der Waals surface area contributed by atoms with Gasteiger partial charge in [-0.1, -0.05) is 25.7 Å². The Bertz CT molecular complexity index is 730. The number of nitrogens with zero attached hydrogens (tertiary/aromatic N) is 2. The summed E-state index contributed by atoms with van der Waals surface area (Å²) in [6.07, 6.45) is 6.81. The van der Waals surface area contributed by atoms with Crippen molar-refractivity contribution in [1.82, 2.24) is 10.1 Å². The third-order valence-electron chi connectivity index (χ3n) is 9.18. The number of hydrogen-bond acceptors (Lipinski definition) is 8. The molecular weight excluding hydrogens is 476 g/mol. The summed E-state index contributed by atoms with van der Waals surface area (Å²) in [5, 5.41) is 43.5. The van der Waals surface area contributed by atoms with Gasteiger partial charge in [0.2, 0.25) is 0 Å². The molecule has 2 aliphatic rings. The predicted molar refractivity (Wildman–Crippen MR) is 140 cm³/mol. The molecule has 9 nitrogen and oxygen atoms in total. The Kier molecular flexibility index (Phi) is 9.90. The number of carboxylic acids is 1. The molecular formula is C28H52N2O7. The maximum atomic E-state index is 13.8. The van der Waals surface area contributed by atoms with Crippen LogP contribution in [0, 0.1) is 17.3 Å². The highest BCUT2D eigenvalue weighted by molar-refractivity contribution is 5.77. The smallest absolute Gasteiger partial charge is 0.348 e. The Labute approximate surface area is 223 Å². The minimum absolute atomic E-state index is 0.158. The number of carbonyl (C=O) groups excluding carboxylic acids is 1. The number of hydroxylamine groups is 4. The van der Waals surface area contributed by atoms with Gasteiger partial charge in [-0.2, -0.15) is 15.4 Å². The fraction of sp³-hybridized carbons (Fsp3) is 0.929. The van der Waals surface area contributed by atoms with E-state index in [9.17, 15) is 25.3 Å². The Morgan fingerprint density at radius 1 is 0.730 bits per heavy atom. The molecule has 4 N–H and O–H groups in total. The zero-order valence-electron chi connectivity index (χ0n) is 24.3. The summed E-state index contributed by atoms with van der Waals surface area (Å²) in [6.45, 7) is 15.8. The zero-order valence-corrected chi connectivity index (χ0v) is 24.3. The Morgan fingerprint density at radius 3 is 1.43 bits per heavy atom. The van der Waals surface area contributed by atoms with Crippen molar-refractivity contribution >= 4 is 11.9 Å².